The van der Waals surface area contributed by atoms with Crippen LogP contribution in [0.3, 0.4) is 0 Å². The number of pyridine rings is 1. The van der Waals surface area contributed by atoms with Crippen LogP contribution in [0.5, 0.6) is 5.88 Å². The number of esters is 1. The molecule has 3 aromatic rings. The largest absolute Gasteiger partial charge is 0.491 e. The van der Waals surface area contributed by atoms with Crippen molar-refractivity contribution in [3.8, 4) is 5.88 Å². The molecular weight excluding hydrogens is 550 g/mol. The molecule has 0 saturated carbocycles. The molecule has 210 valence electrons. The average Bonchev–Trinajstić information content (AvgIpc) is 2.88. The summed E-state index contributed by atoms with van der Waals surface area (Å²) in [5, 5.41) is -0.180. The highest BCUT2D eigenvalue weighted by atomic mass is 32.2. The molecule has 0 aliphatic carbocycles. The Hall–Kier alpha value is -3.35. The standard InChI is InChI=1S/C26H24F6N2O4S/c1-2-22(39(36,37)18-6-3-5-17(15-18)25(27,28)29)16-10-13-34(14-11-16)21-8-4-7-20-19(21)9-12-33-23(20)38-24(35)26(30,31)32/h3-9,12,15-16,22H,2,10-11,13-14H2,1H3. The highest BCUT2D eigenvalue weighted by molar-refractivity contribution is 7.92. The number of carbonyl (C=O) groups excluding carboxylic acids is 1. The summed E-state index contributed by atoms with van der Waals surface area (Å²) < 4.78 is 109. The summed E-state index contributed by atoms with van der Waals surface area (Å²) in [5.74, 6) is -3.18. The number of hydrogen-bond acceptors (Lipinski definition) is 6. The van der Waals surface area contributed by atoms with Gasteiger partial charge in [-0.05, 0) is 61.6 Å². The number of hydrogen-bond donors (Lipinski definition) is 0. The van der Waals surface area contributed by atoms with E-state index in [1.807, 2.05) is 4.90 Å². The van der Waals surface area contributed by atoms with Crippen LogP contribution in [0.2, 0.25) is 0 Å². The number of anilines is 1. The molecule has 39 heavy (non-hydrogen) atoms. The number of fused-ring (bicyclic) bond motifs is 1. The van der Waals surface area contributed by atoms with Crippen LogP contribution in [0.1, 0.15) is 31.7 Å². The van der Waals surface area contributed by atoms with Gasteiger partial charge in [-0.15, -0.1) is 0 Å². The van der Waals surface area contributed by atoms with E-state index >= 15 is 0 Å². The number of alkyl halides is 6. The predicted molar refractivity (Wildman–Crippen MR) is 131 cm³/mol. The van der Waals surface area contributed by atoms with Gasteiger partial charge in [0.15, 0.2) is 9.84 Å². The van der Waals surface area contributed by atoms with Gasteiger partial charge in [0.05, 0.1) is 15.7 Å². The van der Waals surface area contributed by atoms with Crippen molar-refractivity contribution in [2.24, 2.45) is 5.92 Å². The van der Waals surface area contributed by atoms with Crippen molar-refractivity contribution in [3.05, 3.63) is 60.3 Å². The quantitative estimate of drug-likeness (QED) is 0.258. The van der Waals surface area contributed by atoms with E-state index in [1.165, 1.54) is 18.3 Å². The molecule has 0 amide bonds. The van der Waals surface area contributed by atoms with Gasteiger partial charge in [0.25, 0.3) is 0 Å². The Balaban J connectivity index is 1.55. The average molecular weight is 575 g/mol. The van der Waals surface area contributed by atoms with E-state index in [0.29, 0.717) is 43.1 Å². The first-order chi connectivity index (χ1) is 18.2. The second-order valence-electron chi connectivity index (χ2n) is 9.22. The summed E-state index contributed by atoms with van der Waals surface area (Å²) in [4.78, 5) is 16.7. The van der Waals surface area contributed by atoms with Crippen LogP contribution in [-0.2, 0) is 20.8 Å². The van der Waals surface area contributed by atoms with Crippen molar-refractivity contribution in [2.75, 3.05) is 18.0 Å². The molecule has 2 heterocycles. The normalized spacial score (nSPS) is 16.3. The molecule has 1 aliphatic heterocycles. The van der Waals surface area contributed by atoms with E-state index in [2.05, 4.69) is 9.72 Å². The van der Waals surface area contributed by atoms with Crippen LogP contribution < -0.4 is 9.64 Å². The predicted octanol–water partition coefficient (Wildman–Crippen LogP) is 6.19. The van der Waals surface area contributed by atoms with Crippen molar-refractivity contribution >= 4 is 32.3 Å². The molecular formula is C26H24F6N2O4S. The molecule has 4 rings (SSSR count). The molecule has 6 nitrogen and oxygen atoms in total. The minimum atomic E-state index is -5.19. The zero-order valence-electron chi connectivity index (χ0n) is 20.6. The number of ether oxygens (including phenoxy) is 1. The third-order valence-corrected chi connectivity index (χ3v) is 9.29. The van der Waals surface area contributed by atoms with Crippen molar-refractivity contribution < 1.29 is 44.3 Å². The molecule has 1 fully saturated rings. The van der Waals surface area contributed by atoms with E-state index in [-0.39, 0.29) is 22.6 Å². The fraction of sp³-hybridized carbons (Fsp3) is 0.385. The molecule has 1 aliphatic rings. The van der Waals surface area contributed by atoms with Crippen molar-refractivity contribution in [1.29, 1.82) is 0 Å². The number of sulfone groups is 1. The molecule has 1 aromatic heterocycles. The first-order valence-corrected chi connectivity index (χ1v) is 13.6. The molecule has 13 heteroatoms. The first kappa shape index (κ1) is 28.7. The Bertz CT molecular complexity index is 1470. The second kappa shape index (κ2) is 10.7. The number of benzene rings is 2. The minimum absolute atomic E-state index is 0.202. The van der Waals surface area contributed by atoms with Crippen molar-refractivity contribution in [3.63, 3.8) is 0 Å². The lowest BCUT2D eigenvalue weighted by Gasteiger charge is -2.37. The van der Waals surface area contributed by atoms with E-state index in [0.717, 1.165) is 12.1 Å². The number of nitrogens with zero attached hydrogens (tertiary/aromatic N) is 2. The number of piperidine rings is 1. The molecule has 1 atom stereocenters. The highest BCUT2D eigenvalue weighted by Crippen LogP contribution is 2.38. The van der Waals surface area contributed by atoms with Crippen LogP contribution >= 0.6 is 0 Å². The maximum atomic E-state index is 13.4. The lowest BCUT2D eigenvalue weighted by atomic mass is 9.91. The first-order valence-electron chi connectivity index (χ1n) is 12.1. The monoisotopic (exact) mass is 574 g/mol. The summed E-state index contributed by atoms with van der Waals surface area (Å²) in [6, 6.07) is 10.1. The summed E-state index contributed by atoms with van der Waals surface area (Å²) in [5.41, 5.74) is -0.384. The zero-order valence-corrected chi connectivity index (χ0v) is 21.4. The smallest absolute Gasteiger partial charge is 0.400 e. The number of rotatable bonds is 6. The van der Waals surface area contributed by atoms with Gasteiger partial charge in [-0.2, -0.15) is 26.3 Å². The molecule has 0 N–H and O–H groups in total. The second-order valence-corrected chi connectivity index (χ2v) is 11.4. The van der Waals surface area contributed by atoms with Gasteiger partial charge in [0, 0.05) is 35.7 Å². The molecule has 0 bridgehead atoms. The Labute approximate surface area is 220 Å². The maximum absolute atomic E-state index is 13.4. The molecule has 1 saturated heterocycles. The minimum Gasteiger partial charge on any atom is -0.400 e. The van der Waals surface area contributed by atoms with Gasteiger partial charge in [0.2, 0.25) is 5.88 Å². The highest BCUT2D eigenvalue weighted by Gasteiger charge is 2.42. The molecule has 1 unspecified atom stereocenters. The van der Waals surface area contributed by atoms with Gasteiger partial charge in [-0.3, -0.25) is 0 Å². The van der Waals surface area contributed by atoms with Gasteiger partial charge in [-0.1, -0.05) is 19.1 Å². The molecule has 2 aromatic carbocycles. The Morgan fingerprint density at radius 1 is 1.03 bits per heavy atom. The SMILES string of the molecule is CCC(C1CCN(c2cccc3c(OC(=O)C(F)(F)F)nccc23)CC1)S(=O)(=O)c1cccc(C(F)(F)F)c1. The fourth-order valence-electron chi connectivity index (χ4n) is 5.01. The Kier molecular flexibility index (Phi) is 7.84. The van der Waals surface area contributed by atoms with Gasteiger partial charge in [0.1, 0.15) is 0 Å². The van der Waals surface area contributed by atoms with E-state index in [1.54, 1.807) is 25.1 Å². The topological polar surface area (TPSA) is 76.6 Å². The van der Waals surface area contributed by atoms with Crippen LogP contribution in [-0.4, -0.2) is 43.9 Å². The van der Waals surface area contributed by atoms with E-state index < -0.39 is 44.9 Å². The van der Waals surface area contributed by atoms with Gasteiger partial charge >= 0.3 is 18.3 Å². The molecule has 0 radical (unpaired) electrons. The fourth-order valence-corrected chi connectivity index (χ4v) is 7.14. The zero-order chi connectivity index (χ0) is 28.6. The third kappa shape index (κ3) is 5.97. The van der Waals surface area contributed by atoms with Crippen molar-refractivity contribution in [1.82, 2.24) is 4.98 Å². The van der Waals surface area contributed by atoms with Crippen LogP contribution in [0, 0.1) is 5.92 Å². The molecule has 0 spiro atoms. The van der Waals surface area contributed by atoms with E-state index in [4.69, 9.17) is 0 Å². The lowest BCUT2D eigenvalue weighted by molar-refractivity contribution is -0.189. The maximum Gasteiger partial charge on any atom is 0.491 e. The van der Waals surface area contributed by atoms with E-state index in [9.17, 15) is 39.6 Å². The summed E-state index contributed by atoms with van der Waals surface area (Å²) >= 11 is 0. The summed E-state index contributed by atoms with van der Waals surface area (Å²) in [7, 11) is -4.05. The lowest BCUT2D eigenvalue weighted by Crippen LogP contribution is -2.40. The van der Waals surface area contributed by atoms with Crippen LogP contribution in [0.25, 0.3) is 10.8 Å². The third-order valence-electron chi connectivity index (χ3n) is 6.86. The Morgan fingerprint density at radius 2 is 1.69 bits per heavy atom. The van der Waals surface area contributed by atoms with Crippen LogP contribution in [0.4, 0.5) is 32.0 Å². The van der Waals surface area contributed by atoms with Crippen molar-refractivity contribution in [2.45, 2.75) is 48.7 Å². The number of aromatic nitrogens is 1. The van der Waals surface area contributed by atoms with Gasteiger partial charge < -0.3 is 9.64 Å². The Morgan fingerprint density at radius 3 is 2.31 bits per heavy atom. The number of carbonyl (C=O) groups is 1. The summed E-state index contributed by atoms with van der Waals surface area (Å²) in [6.45, 7) is 2.49. The van der Waals surface area contributed by atoms with Crippen LogP contribution in [0.15, 0.2) is 59.6 Å². The summed E-state index contributed by atoms with van der Waals surface area (Å²) in [6.07, 6.45) is -7.56. The number of halogens is 6. The van der Waals surface area contributed by atoms with Gasteiger partial charge in [-0.25, -0.2) is 18.2 Å².